The van der Waals surface area contributed by atoms with Crippen molar-refractivity contribution in [2.24, 2.45) is 0 Å². The molecule has 0 aliphatic rings. The van der Waals surface area contributed by atoms with E-state index in [4.69, 9.17) is 0 Å². The Morgan fingerprint density at radius 3 is 2.41 bits per heavy atom. The van der Waals surface area contributed by atoms with Gasteiger partial charge in [0.05, 0.1) is 16.8 Å². The van der Waals surface area contributed by atoms with Crippen LogP contribution in [0.4, 0.5) is 0 Å². The lowest BCUT2D eigenvalue weighted by Gasteiger charge is -2.10. The van der Waals surface area contributed by atoms with E-state index in [-0.39, 0.29) is 0 Å². The molecule has 0 amide bonds. The number of benzene rings is 2. The fourth-order valence-electron chi connectivity index (χ4n) is 2.54. The van der Waals surface area contributed by atoms with Gasteiger partial charge in [-0.05, 0) is 29.7 Å². The van der Waals surface area contributed by atoms with Crippen LogP contribution in [0.5, 0.6) is 0 Å². The molecule has 2 aromatic carbocycles. The number of hydrogen-bond donors (Lipinski definition) is 1. The molecule has 3 aromatic rings. The molecule has 22 heavy (non-hydrogen) atoms. The molecule has 0 aliphatic heterocycles. The molecule has 0 aliphatic carbocycles. The summed E-state index contributed by atoms with van der Waals surface area (Å²) in [6, 6.07) is 17.1. The maximum absolute atomic E-state index is 11.7. The third kappa shape index (κ3) is 2.58. The zero-order valence-corrected chi connectivity index (χ0v) is 12.6. The van der Waals surface area contributed by atoms with Gasteiger partial charge in [0.15, 0.2) is 0 Å². The van der Waals surface area contributed by atoms with Crippen LogP contribution in [0.25, 0.3) is 22.2 Å². The minimum absolute atomic E-state index is 0.298. The summed E-state index contributed by atoms with van der Waals surface area (Å²) in [4.78, 5) is 16.3. The second kappa shape index (κ2) is 5.60. The quantitative estimate of drug-likeness (QED) is 0.759. The molecule has 1 N–H and O–H groups in total. The lowest BCUT2D eigenvalue weighted by molar-refractivity contribution is 0.0699. The van der Waals surface area contributed by atoms with Crippen molar-refractivity contribution in [3.8, 4) is 11.3 Å². The van der Waals surface area contributed by atoms with E-state index >= 15 is 0 Å². The number of hydrogen-bond acceptors (Lipinski definition) is 2. The Labute approximate surface area is 129 Å². The topological polar surface area (TPSA) is 50.2 Å². The van der Waals surface area contributed by atoms with Gasteiger partial charge in [-0.1, -0.05) is 50.2 Å². The normalized spacial score (nSPS) is 11.0. The van der Waals surface area contributed by atoms with Crippen LogP contribution in [-0.2, 0) is 0 Å². The molecular formula is C19H17NO2. The smallest absolute Gasteiger partial charge is 0.336 e. The second-order valence-corrected chi connectivity index (χ2v) is 5.66. The summed E-state index contributed by atoms with van der Waals surface area (Å²) in [5.41, 5.74) is 3.72. The second-order valence-electron chi connectivity index (χ2n) is 5.66. The van der Waals surface area contributed by atoms with Gasteiger partial charge in [0.25, 0.3) is 0 Å². The van der Waals surface area contributed by atoms with Gasteiger partial charge < -0.3 is 5.11 Å². The molecule has 0 saturated heterocycles. The number of carboxylic acids is 1. The van der Waals surface area contributed by atoms with E-state index in [1.54, 1.807) is 6.07 Å². The van der Waals surface area contributed by atoms with E-state index < -0.39 is 5.97 Å². The number of aromatic nitrogens is 1. The van der Waals surface area contributed by atoms with Crippen molar-refractivity contribution in [1.29, 1.82) is 0 Å². The summed E-state index contributed by atoms with van der Waals surface area (Å²) in [6.07, 6.45) is 0. The van der Waals surface area contributed by atoms with Crippen molar-refractivity contribution in [2.75, 3.05) is 0 Å². The molecule has 1 heterocycles. The average molecular weight is 291 g/mol. The number of pyridine rings is 1. The van der Waals surface area contributed by atoms with Crippen LogP contribution in [-0.4, -0.2) is 16.1 Å². The Balaban J connectivity index is 2.27. The highest BCUT2D eigenvalue weighted by Gasteiger charge is 2.14. The van der Waals surface area contributed by atoms with E-state index in [2.05, 4.69) is 18.8 Å². The predicted octanol–water partition coefficient (Wildman–Crippen LogP) is 4.72. The number of nitrogens with zero attached hydrogens (tertiary/aromatic N) is 1. The van der Waals surface area contributed by atoms with Crippen LogP contribution in [0.1, 0.15) is 35.7 Å². The van der Waals surface area contributed by atoms with Gasteiger partial charge in [0.1, 0.15) is 0 Å². The number of rotatable bonds is 3. The van der Waals surface area contributed by atoms with E-state index in [1.165, 1.54) is 0 Å². The van der Waals surface area contributed by atoms with Crippen LogP contribution >= 0.6 is 0 Å². The summed E-state index contributed by atoms with van der Waals surface area (Å²) >= 11 is 0. The van der Waals surface area contributed by atoms with Gasteiger partial charge in [0, 0.05) is 10.9 Å². The third-order valence-electron chi connectivity index (χ3n) is 3.80. The Hall–Kier alpha value is -2.68. The van der Waals surface area contributed by atoms with Crippen LogP contribution < -0.4 is 0 Å². The van der Waals surface area contributed by atoms with Gasteiger partial charge in [-0.25, -0.2) is 9.78 Å². The number of aromatic carboxylic acids is 1. The molecular weight excluding hydrogens is 274 g/mol. The maximum atomic E-state index is 11.7. The highest BCUT2D eigenvalue weighted by molar-refractivity contribution is 6.04. The molecule has 0 bridgehead atoms. The summed E-state index contributed by atoms with van der Waals surface area (Å²) in [5, 5.41) is 10.2. The summed E-state index contributed by atoms with van der Waals surface area (Å²) in [7, 11) is 0. The van der Waals surface area contributed by atoms with E-state index in [9.17, 15) is 9.90 Å². The molecule has 3 heteroatoms. The summed E-state index contributed by atoms with van der Waals surface area (Å²) in [6.45, 7) is 4.18. The fourth-order valence-corrected chi connectivity index (χ4v) is 2.54. The summed E-state index contributed by atoms with van der Waals surface area (Å²) < 4.78 is 0. The minimum Gasteiger partial charge on any atom is -0.478 e. The summed E-state index contributed by atoms with van der Waals surface area (Å²) in [5.74, 6) is -0.578. The molecule has 1 aromatic heterocycles. The predicted molar refractivity (Wildman–Crippen MR) is 88.2 cm³/mol. The van der Waals surface area contributed by atoms with Gasteiger partial charge >= 0.3 is 5.97 Å². The van der Waals surface area contributed by atoms with Gasteiger partial charge in [-0.3, -0.25) is 0 Å². The van der Waals surface area contributed by atoms with Crippen molar-refractivity contribution in [2.45, 2.75) is 19.8 Å². The molecule has 3 nitrogen and oxygen atoms in total. The molecule has 0 saturated carbocycles. The molecule has 0 unspecified atom stereocenters. The molecule has 0 atom stereocenters. The lowest BCUT2D eigenvalue weighted by Crippen LogP contribution is -2.01. The van der Waals surface area contributed by atoms with Crippen molar-refractivity contribution < 1.29 is 9.90 Å². The standard InChI is InChI=1S/C19H17NO2/c1-12(2)14-8-9-17-15(10-14)16(19(21)22)11-18(20-17)13-6-4-3-5-7-13/h3-12H,1-2H3,(H,21,22). The van der Waals surface area contributed by atoms with Crippen molar-refractivity contribution in [1.82, 2.24) is 4.98 Å². The van der Waals surface area contributed by atoms with E-state index in [0.717, 1.165) is 11.1 Å². The highest BCUT2D eigenvalue weighted by atomic mass is 16.4. The lowest BCUT2D eigenvalue weighted by atomic mass is 9.98. The Morgan fingerprint density at radius 2 is 1.77 bits per heavy atom. The molecule has 110 valence electrons. The minimum atomic E-state index is -0.925. The first-order chi connectivity index (χ1) is 10.6. The Bertz CT molecular complexity index is 839. The first-order valence-electron chi connectivity index (χ1n) is 7.29. The van der Waals surface area contributed by atoms with Crippen molar-refractivity contribution in [3.05, 3.63) is 65.7 Å². The zero-order chi connectivity index (χ0) is 15.7. The number of carbonyl (C=O) groups is 1. The van der Waals surface area contributed by atoms with Gasteiger partial charge in [-0.2, -0.15) is 0 Å². The first kappa shape index (κ1) is 14.3. The molecule has 3 rings (SSSR count). The molecule has 0 fully saturated rings. The maximum Gasteiger partial charge on any atom is 0.336 e. The molecule has 0 spiro atoms. The first-order valence-corrected chi connectivity index (χ1v) is 7.29. The van der Waals surface area contributed by atoms with Gasteiger partial charge in [-0.15, -0.1) is 0 Å². The third-order valence-corrected chi connectivity index (χ3v) is 3.80. The van der Waals surface area contributed by atoms with E-state index in [1.807, 2.05) is 48.5 Å². The van der Waals surface area contributed by atoms with Crippen molar-refractivity contribution >= 4 is 16.9 Å². The number of fused-ring (bicyclic) bond motifs is 1. The number of carboxylic acid groups (broad SMARTS) is 1. The Kier molecular flexibility index (Phi) is 3.63. The zero-order valence-electron chi connectivity index (χ0n) is 12.6. The van der Waals surface area contributed by atoms with Crippen molar-refractivity contribution in [3.63, 3.8) is 0 Å². The van der Waals surface area contributed by atoms with Crippen LogP contribution in [0.15, 0.2) is 54.6 Å². The van der Waals surface area contributed by atoms with Crippen LogP contribution in [0, 0.1) is 0 Å². The van der Waals surface area contributed by atoms with Gasteiger partial charge in [0.2, 0.25) is 0 Å². The SMILES string of the molecule is CC(C)c1ccc2nc(-c3ccccc3)cc(C(=O)O)c2c1. The van der Waals surface area contributed by atoms with E-state index in [0.29, 0.717) is 28.1 Å². The van der Waals surface area contributed by atoms with Crippen LogP contribution in [0.3, 0.4) is 0 Å². The molecule has 0 radical (unpaired) electrons. The highest BCUT2D eigenvalue weighted by Crippen LogP contribution is 2.27. The Morgan fingerprint density at radius 1 is 1.05 bits per heavy atom. The monoisotopic (exact) mass is 291 g/mol. The van der Waals surface area contributed by atoms with Crippen LogP contribution in [0.2, 0.25) is 0 Å². The average Bonchev–Trinajstić information content (AvgIpc) is 2.53. The largest absolute Gasteiger partial charge is 0.478 e. The fraction of sp³-hybridized carbons (Fsp3) is 0.158.